The van der Waals surface area contributed by atoms with Crippen LogP contribution in [-0.2, 0) is 6.61 Å². The van der Waals surface area contributed by atoms with Gasteiger partial charge in [-0.05, 0) is 23.8 Å². The van der Waals surface area contributed by atoms with Gasteiger partial charge in [0.05, 0.1) is 11.2 Å². The zero-order valence-corrected chi connectivity index (χ0v) is 9.63. The van der Waals surface area contributed by atoms with Crippen molar-refractivity contribution in [3.8, 4) is 11.5 Å². The summed E-state index contributed by atoms with van der Waals surface area (Å²) in [5, 5.41) is 0. The van der Waals surface area contributed by atoms with Crippen molar-refractivity contribution >= 4 is 6.29 Å². The van der Waals surface area contributed by atoms with Crippen molar-refractivity contribution in [3.63, 3.8) is 0 Å². The zero-order chi connectivity index (χ0) is 15.3. The van der Waals surface area contributed by atoms with E-state index in [4.69, 9.17) is 13.6 Å². The van der Waals surface area contributed by atoms with E-state index < -0.39 is 7.04 Å². The largest absolute Gasteiger partial charge is 0.493 e. The second-order valence-electron chi connectivity index (χ2n) is 3.70. The number of aldehydes is 1. The van der Waals surface area contributed by atoms with Gasteiger partial charge in [-0.15, -0.1) is 0 Å². The number of hydrogen-bond donors (Lipinski definition) is 0. The van der Waals surface area contributed by atoms with Gasteiger partial charge in [0.1, 0.15) is 12.9 Å². The number of carbonyl (C=O) groups is 1. The Morgan fingerprint density at radius 1 is 1.17 bits per heavy atom. The number of methoxy groups -OCH3 is 1. The molecule has 0 aromatic heterocycles. The molecule has 18 heavy (non-hydrogen) atoms. The van der Waals surface area contributed by atoms with E-state index in [1.54, 1.807) is 6.07 Å². The number of rotatable bonds is 5. The first-order valence-corrected chi connectivity index (χ1v) is 5.43. The summed E-state index contributed by atoms with van der Waals surface area (Å²) in [6.07, 6.45) is 0.618. The van der Waals surface area contributed by atoms with Crippen LogP contribution in [0.1, 0.15) is 20.0 Å². The summed E-state index contributed by atoms with van der Waals surface area (Å²) in [6.45, 7) is 0.276. The van der Waals surface area contributed by atoms with Gasteiger partial charge in [0.15, 0.2) is 11.5 Å². The lowest BCUT2D eigenvalue weighted by atomic mass is 10.2. The Hall–Kier alpha value is -2.29. The van der Waals surface area contributed by atoms with Gasteiger partial charge in [-0.2, -0.15) is 0 Å². The minimum Gasteiger partial charge on any atom is -0.493 e. The van der Waals surface area contributed by atoms with E-state index in [0.29, 0.717) is 11.8 Å². The number of benzene rings is 2. The number of carbonyl (C=O) groups excluding carboxylic acids is 1. The van der Waals surface area contributed by atoms with E-state index in [2.05, 4.69) is 0 Å². The Kier molecular flexibility index (Phi) is 2.85. The molecule has 0 saturated heterocycles. The molecule has 2 rings (SSSR count). The minimum atomic E-state index is -2.60. The molecule has 2 aromatic carbocycles. The van der Waals surface area contributed by atoms with Crippen LogP contribution in [0.3, 0.4) is 0 Å². The van der Waals surface area contributed by atoms with Crippen LogP contribution in [0.25, 0.3) is 0 Å². The van der Waals surface area contributed by atoms with Crippen LogP contribution in [0.15, 0.2) is 48.5 Å². The molecule has 0 bridgehead atoms. The highest BCUT2D eigenvalue weighted by molar-refractivity contribution is 5.76. The maximum atomic E-state index is 10.8. The molecule has 0 saturated carbocycles. The topological polar surface area (TPSA) is 35.5 Å². The fraction of sp³-hybridized carbons (Fsp3) is 0.133. The third-order valence-corrected chi connectivity index (χ3v) is 2.45. The van der Waals surface area contributed by atoms with Crippen molar-refractivity contribution in [2.24, 2.45) is 0 Å². The van der Waals surface area contributed by atoms with Crippen molar-refractivity contribution in [3.05, 3.63) is 59.7 Å². The maximum absolute atomic E-state index is 10.8. The van der Waals surface area contributed by atoms with E-state index in [9.17, 15) is 4.79 Å². The Bertz CT molecular complexity index is 609. The van der Waals surface area contributed by atoms with Crippen LogP contribution < -0.4 is 9.47 Å². The highest BCUT2D eigenvalue weighted by Crippen LogP contribution is 2.28. The molecule has 0 spiro atoms. The molecule has 0 heterocycles. The third kappa shape index (κ3) is 2.88. The molecule has 0 aliphatic rings. The summed E-state index contributed by atoms with van der Waals surface area (Å²) in [6, 6.07) is 13.9. The smallest absolute Gasteiger partial charge is 0.161 e. The number of hydrogen-bond acceptors (Lipinski definition) is 3. The molecule has 0 N–H and O–H groups in total. The first-order chi connectivity index (χ1) is 9.98. The predicted molar refractivity (Wildman–Crippen MR) is 69.2 cm³/mol. The van der Waals surface area contributed by atoms with Crippen LogP contribution in [0, 0.1) is 0 Å². The van der Waals surface area contributed by atoms with Gasteiger partial charge in [-0.3, -0.25) is 4.79 Å². The normalized spacial score (nSPS) is 13.0. The van der Waals surface area contributed by atoms with Gasteiger partial charge in [-0.25, -0.2) is 0 Å². The van der Waals surface area contributed by atoms with Crippen LogP contribution in [-0.4, -0.2) is 13.3 Å². The standard InChI is InChI=1S/C15H14O3/c1-17-15-9-13(10-16)7-8-14(15)18-11-12-5-3-2-4-6-12/h2-10H,11H2,1H3/i1D3. The van der Waals surface area contributed by atoms with Gasteiger partial charge in [0.25, 0.3) is 0 Å². The Morgan fingerprint density at radius 3 is 2.72 bits per heavy atom. The molecule has 0 aliphatic carbocycles. The highest BCUT2D eigenvalue weighted by atomic mass is 16.5. The lowest BCUT2D eigenvalue weighted by Crippen LogP contribution is -1.98. The van der Waals surface area contributed by atoms with Gasteiger partial charge >= 0.3 is 0 Å². The maximum Gasteiger partial charge on any atom is 0.161 e. The van der Waals surface area contributed by atoms with Crippen LogP contribution >= 0.6 is 0 Å². The highest BCUT2D eigenvalue weighted by Gasteiger charge is 2.05. The van der Waals surface area contributed by atoms with E-state index >= 15 is 0 Å². The molecule has 92 valence electrons. The van der Waals surface area contributed by atoms with Crippen LogP contribution in [0.5, 0.6) is 11.5 Å². The number of ether oxygens (including phenoxy) is 2. The molecule has 0 unspecified atom stereocenters. The van der Waals surface area contributed by atoms with Gasteiger partial charge in [0.2, 0.25) is 0 Å². The Labute approximate surface area is 110 Å². The molecule has 0 radical (unpaired) electrons. The van der Waals surface area contributed by atoms with Gasteiger partial charge in [-0.1, -0.05) is 30.3 Å². The molecule has 3 heteroatoms. The first kappa shape index (κ1) is 8.75. The van der Waals surface area contributed by atoms with E-state index in [0.717, 1.165) is 5.56 Å². The fourth-order valence-corrected chi connectivity index (χ4v) is 1.53. The summed E-state index contributed by atoms with van der Waals surface area (Å²) in [5.74, 6) is 0.302. The molecule has 0 atom stereocenters. The predicted octanol–water partition coefficient (Wildman–Crippen LogP) is 3.09. The van der Waals surface area contributed by atoms with Gasteiger partial charge < -0.3 is 9.47 Å². The molecule has 0 fully saturated rings. The average Bonchev–Trinajstić information content (AvgIpc) is 2.45. The quantitative estimate of drug-likeness (QED) is 0.759. The molecular formula is C15H14O3. The van der Waals surface area contributed by atoms with Crippen LogP contribution in [0.4, 0.5) is 0 Å². The van der Waals surface area contributed by atoms with Gasteiger partial charge in [0, 0.05) is 5.56 Å². The van der Waals surface area contributed by atoms with E-state index in [1.807, 2.05) is 30.3 Å². The Balaban J connectivity index is 2.19. The van der Waals surface area contributed by atoms with E-state index in [1.165, 1.54) is 12.1 Å². The summed E-state index contributed by atoms with van der Waals surface area (Å²) < 4.78 is 31.9. The second-order valence-corrected chi connectivity index (χ2v) is 3.70. The first-order valence-electron chi connectivity index (χ1n) is 6.93. The monoisotopic (exact) mass is 245 g/mol. The van der Waals surface area contributed by atoms with E-state index in [-0.39, 0.29) is 18.1 Å². The second kappa shape index (κ2) is 5.87. The summed E-state index contributed by atoms with van der Waals surface area (Å²) in [4.78, 5) is 10.8. The molecule has 3 nitrogen and oxygen atoms in total. The lowest BCUT2D eigenvalue weighted by molar-refractivity contribution is 0.112. The summed E-state index contributed by atoms with van der Waals surface area (Å²) in [7, 11) is -2.60. The van der Waals surface area contributed by atoms with Crippen molar-refractivity contribution in [2.45, 2.75) is 6.61 Å². The SMILES string of the molecule is [2H]C([2H])([2H])Oc1cc(C=O)ccc1OCc1ccccc1. The molecule has 2 aromatic rings. The molecular weight excluding hydrogens is 228 g/mol. The average molecular weight is 245 g/mol. The lowest BCUT2D eigenvalue weighted by Gasteiger charge is -2.10. The summed E-state index contributed by atoms with van der Waals surface area (Å²) >= 11 is 0. The summed E-state index contributed by atoms with van der Waals surface area (Å²) in [5.41, 5.74) is 1.26. The zero-order valence-electron chi connectivity index (χ0n) is 12.6. The fourth-order valence-electron chi connectivity index (χ4n) is 1.53. The Morgan fingerprint density at radius 2 is 2.00 bits per heavy atom. The van der Waals surface area contributed by atoms with Crippen molar-refractivity contribution < 1.29 is 18.4 Å². The van der Waals surface area contributed by atoms with Crippen molar-refractivity contribution in [1.29, 1.82) is 0 Å². The van der Waals surface area contributed by atoms with Crippen LogP contribution in [0.2, 0.25) is 0 Å². The minimum absolute atomic E-state index is 0.0236. The molecule has 0 amide bonds. The molecule has 0 aliphatic heterocycles. The third-order valence-electron chi connectivity index (χ3n) is 2.45. The van der Waals surface area contributed by atoms with Crippen molar-refractivity contribution in [2.75, 3.05) is 7.04 Å². The van der Waals surface area contributed by atoms with Crippen molar-refractivity contribution in [1.82, 2.24) is 0 Å².